The molecule has 108 valence electrons. The molecule has 0 bridgehead atoms. The second kappa shape index (κ2) is 6.41. The summed E-state index contributed by atoms with van der Waals surface area (Å²) in [5, 5.41) is 9.47. The molecule has 0 saturated heterocycles. The lowest BCUT2D eigenvalue weighted by atomic mass is 10.1. The minimum absolute atomic E-state index is 0.925. The Hall–Kier alpha value is -1.66. The molecule has 0 fully saturated rings. The zero-order valence-corrected chi connectivity index (χ0v) is 13.6. The molecule has 0 N–H and O–H groups in total. The Kier molecular flexibility index (Phi) is 4.36. The van der Waals surface area contributed by atoms with Gasteiger partial charge in [0, 0.05) is 23.8 Å². The highest BCUT2D eigenvalue weighted by atomic mass is 32.2. The molecule has 6 heteroatoms. The lowest BCUT2D eigenvalue weighted by Gasteiger charge is -2.08. The fourth-order valence-corrected chi connectivity index (χ4v) is 3.91. The van der Waals surface area contributed by atoms with E-state index in [1.165, 1.54) is 11.1 Å². The highest BCUT2D eigenvalue weighted by molar-refractivity contribution is 8.00. The maximum atomic E-state index is 4.21. The van der Waals surface area contributed by atoms with Gasteiger partial charge in [0.1, 0.15) is 5.01 Å². The Bertz CT molecular complexity index is 719. The first kappa shape index (κ1) is 14.3. The van der Waals surface area contributed by atoms with Crippen LogP contribution in [0.5, 0.6) is 0 Å². The number of aromatic nitrogens is 4. The fraction of sp³-hybridized carbons (Fsp3) is 0.267. The largest absolute Gasteiger partial charge is 0.306 e. The van der Waals surface area contributed by atoms with Crippen LogP contribution in [0.3, 0.4) is 0 Å². The van der Waals surface area contributed by atoms with Crippen molar-refractivity contribution < 1.29 is 0 Å². The first-order valence-electron chi connectivity index (χ1n) is 6.79. The second-order valence-corrected chi connectivity index (χ2v) is 6.97. The third-order valence-corrected chi connectivity index (χ3v) is 5.48. The summed E-state index contributed by atoms with van der Waals surface area (Å²) in [7, 11) is 0. The van der Waals surface area contributed by atoms with Crippen molar-refractivity contribution in [1.82, 2.24) is 19.7 Å². The van der Waals surface area contributed by atoms with Crippen LogP contribution >= 0.6 is 23.1 Å². The minimum atomic E-state index is 0.925. The molecular weight excluding hydrogens is 300 g/mol. The van der Waals surface area contributed by atoms with E-state index in [2.05, 4.69) is 47.2 Å². The predicted molar refractivity (Wildman–Crippen MR) is 87.1 cm³/mol. The van der Waals surface area contributed by atoms with Gasteiger partial charge >= 0.3 is 0 Å². The average Bonchev–Trinajstić information content (AvgIpc) is 3.17. The molecule has 0 amide bonds. The Balaban J connectivity index is 1.71. The van der Waals surface area contributed by atoms with Gasteiger partial charge in [-0.2, -0.15) is 0 Å². The van der Waals surface area contributed by atoms with Gasteiger partial charge in [-0.1, -0.05) is 36.1 Å². The molecule has 0 aliphatic rings. The molecule has 3 rings (SSSR count). The van der Waals surface area contributed by atoms with Crippen LogP contribution in [0.4, 0.5) is 0 Å². The van der Waals surface area contributed by atoms with E-state index in [-0.39, 0.29) is 0 Å². The van der Waals surface area contributed by atoms with Crippen molar-refractivity contribution in [3.8, 4) is 5.69 Å². The normalized spacial score (nSPS) is 11.0. The third-order valence-electron chi connectivity index (χ3n) is 3.23. The zero-order valence-electron chi connectivity index (χ0n) is 12.0. The molecular formula is C15H16N4S2. The number of thioether (sulfide) groups is 1. The number of hydrogen-bond donors (Lipinski definition) is 0. The molecule has 2 heterocycles. The third kappa shape index (κ3) is 3.33. The Morgan fingerprint density at radius 3 is 2.86 bits per heavy atom. The highest BCUT2D eigenvalue weighted by Gasteiger charge is 2.06. The van der Waals surface area contributed by atoms with Crippen molar-refractivity contribution in [3.63, 3.8) is 0 Å². The molecule has 1 aromatic carbocycles. The Morgan fingerprint density at radius 2 is 2.19 bits per heavy atom. The van der Waals surface area contributed by atoms with E-state index in [0.29, 0.717) is 0 Å². The minimum Gasteiger partial charge on any atom is -0.306 e. The molecule has 2 aromatic heterocycles. The van der Waals surface area contributed by atoms with E-state index in [9.17, 15) is 0 Å². The van der Waals surface area contributed by atoms with E-state index in [4.69, 9.17) is 0 Å². The molecule has 21 heavy (non-hydrogen) atoms. The van der Waals surface area contributed by atoms with Crippen LogP contribution < -0.4 is 0 Å². The molecule has 0 saturated carbocycles. The molecule has 0 spiro atoms. The quantitative estimate of drug-likeness (QED) is 0.670. The van der Waals surface area contributed by atoms with E-state index in [0.717, 1.165) is 27.2 Å². The van der Waals surface area contributed by atoms with Gasteiger partial charge in [0.25, 0.3) is 0 Å². The summed E-state index contributed by atoms with van der Waals surface area (Å²) in [5.74, 6) is 0.925. The topological polar surface area (TPSA) is 43.6 Å². The van der Waals surface area contributed by atoms with Crippen LogP contribution in [0.25, 0.3) is 5.69 Å². The molecule has 3 aromatic rings. The monoisotopic (exact) mass is 316 g/mol. The molecule has 0 atom stereocenters. The van der Waals surface area contributed by atoms with Crippen LogP contribution in [0.15, 0.2) is 41.3 Å². The van der Waals surface area contributed by atoms with Crippen LogP contribution in [0, 0.1) is 6.92 Å². The number of hydrogen-bond acceptors (Lipinski definition) is 5. The van der Waals surface area contributed by atoms with Crippen molar-refractivity contribution in [2.45, 2.75) is 30.4 Å². The smallest absolute Gasteiger partial charge is 0.174 e. The van der Waals surface area contributed by atoms with Crippen LogP contribution in [-0.4, -0.2) is 19.7 Å². The summed E-state index contributed by atoms with van der Waals surface area (Å²) in [6, 6.07) is 6.50. The summed E-state index contributed by atoms with van der Waals surface area (Å²) in [4.78, 5) is 4.08. The number of rotatable bonds is 5. The Morgan fingerprint density at radius 1 is 1.29 bits per heavy atom. The highest BCUT2D eigenvalue weighted by Crippen LogP contribution is 2.28. The lowest BCUT2D eigenvalue weighted by Crippen LogP contribution is -1.93. The van der Waals surface area contributed by atoms with E-state index in [1.807, 2.05) is 17.1 Å². The standard InChI is InChI=1S/C15H16N4S2/c1-3-14-17-18-15(21-14)20-9-12-4-5-13(8-11(12)2)19-7-6-16-10-19/h4-8,10H,3,9H2,1-2H3. The van der Waals surface area contributed by atoms with Crippen molar-refractivity contribution in [2.75, 3.05) is 0 Å². The molecule has 0 aliphatic carbocycles. The molecule has 0 radical (unpaired) electrons. The van der Waals surface area contributed by atoms with E-state index < -0.39 is 0 Å². The summed E-state index contributed by atoms with van der Waals surface area (Å²) < 4.78 is 3.06. The number of nitrogens with zero attached hydrogens (tertiary/aromatic N) is 4. The maximum absolute atomic E-state index is 4.21. The van der Waals surface area contributed by atoms with Crippen molar-refractivity contribution in [3.05, 3.63) is 53.1 Å². The lowest BCUT2D eigenvalue weighted by molar-refractivity contribution is 0.943. The van der Waals surface area contributed by atoms with Gasteiger partial charge in [-0.3, -0.25) is 0 Å². The van der Waals surface area contributed by atoms with E-state index in [1.54, 1.807) is 29.3 Å². The zero-order chi connectivity index (χ0) is 14.7. The predicted octanol–water partition coefficient (Wildman–Crippen LogP) is 3.89. The SMILES string of the molecule is CCc1nnc(SCc2ccc(-n3ccnc3)cc2C)s1. The molecule has 0 unspecified atom stereocenters. The summed E-state index contributed by atoms with van der Waals surface area (Å²) in [6.45, 7) is 4.25. The summed E-state index contributed by atoms with van der Waals surface area (Å²) in [6.07, 6.45) is 6.52. The molecule has 0 aliphatic heterocycles. The van der Waals surface area contributed by atoms with Gasteiger partial charge in [0.05, 0.1) is 6.33 Å². The van der Waals surface area contributed by atoms with Gasteiger partial charge in [-0.25, -0.2) is 4.98 Å². The van der Waals surface area contributed by atoms with Crippen LogP contribution in [0.1, 0.15) is 23.1 Å². The van der Waals surface area contributed by atoms with Crippen molar-refractivity contribution in [1.29, 1.82) is 0 Å². The van der Waals surface area contributed by atoms with E-state index >= 15 is 0 Å². The van der Waals surface area contributed by atoms with Gasteiger partial charge < -0.3 is 4.57 Å². The fourth-order valence-electron chi connectivity index (χ4n) is 1.99. The first-order valence-corrected chi connectivity index (χ1v) is 8.59. The summed E-state index contributed by atoms with van der Waals surface area (Å²) >= 11 is 3.44. The van der Waals surface area contributed by atoms with Gasteiger partial charge in [0.15, 0.2) is 4.34 Å². The van der Waals surface area contributed by atoms with Gasteiger partial charge in [-0.15, -0.1) is 10.2 Å². The number of aryl methyl sites for hydroxylation is 2. The van der Waals surface area contributed by atoms with Crippen LogP contribution in [-0.2, 0) is 12.2 Å². The second-order valence-electron chi connectivity index (χ2n) is 4.68. The number of benzene rings is 1. The molecule has 4 nitrogen and oxygen atoms in total. The van der Waals surface area contributed by atoms with Crippen molar-refractivity contribution >= 4 is 23.1 Å². The summed E-state index contributed by atoms with van der Waals surface area (Å²) in [5.41, 5.74) is 3.76. The first-order chi connectivity index (χ1) is 10.3. The maximum Gasteiger partial charge on any atom is 0.174 e. The average molecular weight is 316 g/mol. The Labute approximate surface area is 132 Å². The van der Waals surface area contributed by atoms with Gasteiger partial charge in [0.2, 0.25) is 0 Å². The van der Waals surface area contributed by atoms with Gasteiger partial charge in [-0.05, 0) is 36.6 Å². The van der Waals surface area contributed by atoms with Crippen molar-refractivity contribution in [2.24, 2.45) is 0 Å². The number of imidazole rings is 1. The van der Waals surface area contributed by atoms with Crippen LogP contribution in [0.2, 0.25) is 0 Å².